The van der Waals surface area contributed by atoms with E-state index in [-0.39, 0.29) is 17.9 Å². The third kappa shape index (κ3) is 5.89. The number of fused-ring (bicyclic) bond motifs is 3. The molecule has 2 N–H and O–H groups in total. The number of aryl methyl sites for hydroxylation is 2. The number of methoxy groups -OCH3 is 2. The maximum absolute atomic E-state index is 12.5. The third-order valence-corrected chi connectivity index (χ3v) is 8.68. The summed E-state index contributed by atoms with van der Waals surface area (Å²) in [4.78, 5) is 12.5. The lowest BCUT2D eigenvalue weighted by Gasteiger charge is -2.38. The number of hydrazone groups is 1. The Hall–Kier alpha value is -3.71. The van der Waals surface area contributed by atoms with Crippen molar-refractivity contribution in [3.63, 3.8) is 0 Å². The second-order valence-electron chi connectivity index (χ2n) is 10.6. The summed E-state index contributed by atoms with van der Waals surface area (Å²) in [7, 11) is 3.36. The number of thioether (sulfide) groups is 1. The molecule has 1 amide bonds. The summed E-state index contributed by atoms with van der Waals surface area (Å²) in [6.07, 6.45) is 5.57. The van der Waals surface area contributed by atoms with E-state index in [0.29, 0.717) is 11.7 Å². The summed E-state index contributed by atoms with van der Waals surface area (Å²) >= 11 is 1.60. The predicted octanol–water partition coefficient (Wildman–Crippen LogP) is 6.92. The Morgan fingerprint density at radius 2 is 1.85 bits per heavy atom. The summed E-state index contributed by atoms with van der Waals surface area (Å²) < 4.78 is 11.3. The maximum atomic E-state index is 12.5. The molecule has 40 heavy (non-hydrogen) atoms. The molecule has 0 saturated carbocycles. The lowest BCUT2D eigenvalue weighted by molar-refractivity contribution is -0.118. The molecule has 0 saturated heterocycles. The number of carbonyl (C=O) groups is 1. The van der Waals surface area contributed by atoms with Gasteiger partial charge in [0.2, 0.25) is 5.91 Å². The fourth-order valence-electron chi connectivity index (χ4n) is 5.94. The number of carbonyl (C=O) groups excluding carboxylic acids is 1. The molecule has 0 spiro atoms. The Balaban J connectivity index is 1.27. The zero-order chi connectivity index (χ0) is 28.2. The minimum absolute atomic E-state index is 0.0952. The van der Waals surface area contributed by atoms with Crippen molar-refractivity contribution in [1.29, 1.82) is 0 Å². The van der Waals surface area contributed by atoms with E-state index in [0.717, 1.165) is 46.2 Å². The summed E-state index contributed by atoms with van der Waals surface area (Å²) in [6, 6.07) is 19.0. The van der Waals surface area contributed by atoms with Crippen LogP contribution < -0.4 is 20.2 Å². The highest BCUT2D eigenvalue weighted by molar-refractivity contribution is 7.99. The van der Waals surface area contributed by atoms with Gasteiger partial charge in [0.25, 0.3) is 0 Å². The standard InChI is InChI=1S/C33H37N3O3S/c1-20-14-21(2)16-23(15-20)18-40-19-31(37)36-35-22(3)24-12-13-29-28(17-24)25-8-6-9-26(25)32(34-29)27-10-7-11-30(38-4)33(27)39-5/h6-8,10-17,25-26,32,34H,9,18-19H2,1-5H3,(H,36,37)/b35-22-/t25-,26+,32-/m1/s1. The average Bonchev–Trinajstić information content (AvgIpc) is 3.45. The molecule has 0 fully saturated rings. The number of hydrogen-bond donors (Lipinski definition) is 2. The van der Waals surface area contributed by atoms with E-state index in [9.17, 15) is 4.79 Å². The number of rotatable bonds is 9. The topological polar surface area (TPSA) is 72.0 Å². The van der Waals surface area contributed by atoms with Crippen LogP contribution in [-0.4, -0.2) is 31.6 Å². The van der Waals surface area contributed by atoms with Crippen LogP contribution in [0.5, 0.6) is 11.5 Å². The molecule has 3 aromatic carbocycles. The fourth-order valence-corrected chi connectivity index (χ4v) is 6.70. The van der Waals surface area contributed by atoms with Gasteiger partial charge in [-0.3, -0.25) is 4.79 Å². The Bertz CT molecular complexity index is 1450. The Morgan fingerprint density at radius 1 is 1.05 bits per heavy atom. The molecule has 0 bridgehead atoms. The molecule has 5 rings (SSSR count). The second-order valence-corrected chi connectivity index (χ2v) is 11.6. The summed E-state index contributed by atoms with van der Waals surface area (Å²) in [5, 5.41) is 8.20. The van der Waals surface area contributed by atoms with Crippen molar-refractivity contribution in [3.8, 4) is 11.5 Å². The fraction of sp³-hybridized carbons (Fsp3) is 0.333. The first-order valence-electron chi connectivity index (χ1n) is 13.6. The van der Waals surface area contributed by atoms with Crippen molar-refractivity contribution in [2.24, 2.45) is 11.0 Å². The van der Waals surface area contributed by atoms with E-state index in [4.69, 9.17) is 9.47 Å². The van der Waals surface area contributed by atoms with Gasteiger partial charge in [-0.25, -0.2) is 5.43 Å². The van der Waals surface area contributed by atoms with Gasteiger partial charge in [0.1, 0.15) is 0 Å². The van der Waals surface area contributed by atoms with Gasteiger partial charge in [0.05, 0.1) is 31.7 Å². The molecule has 3 atom stereocenters. The van der Waals surface area contributed by atoms with Crippen LogP contribution >= 0.6 is 11.8 Å². The predicted molar refractivity (Wildman–Crippen MR) is 165 cm³/mol. The summed E-state index contributed by atoms with van der Waals surface area (Å²) in [6.45, 7) is 6.13. The van der Waals surface area contributed by atoms with E-state index in [2.05, 4.69) is 84.3 Å². The first-order chi connectivity index (χ1) is 19.4. The molecule has 1 heterocycles. The van der Waals surface area contributed by atoms with Crippen molar-refractivity contribution in [3.05, 3.63) is 100 Å². The molecule has 0 radical (unpaired) electrons. The Morgan fingerprint density at radius 3 is 2.60 bits per heavy atom. The number of amides is 1. The number of allylic oxidation sites excluding steroid dienone is 2. The van der Waals surface area contributed by atoms with Crippen molar-refractivity contribution >= 4 is 29.1 Å². The molecule has 7 heteroatoms. The van der Waals surface area contributed by atoms with E-state index in [1.54, 1.807) is 26.0 Å². The number of benzene rings is 3. The van der Waals surface area contributed by atoms with Crippen LogP contribution in [0.3, 0.4) is 0 Å². The van der Waals surface area contributed by atoms with Gasteiger partial charge in [0, 0.05) is 22.9 Å². The number of ether oxygens (including phenoxy) is 2. The van der Waals surface area contributed by atoms with Crippen LogP contribution in [0, 0.1) is 19.8 Å². The summed E-state index contributed by atoms with van der Waals surface area (Å²) in [5.74, 6) is 3.22. The van der Waals surface area contributed by atoms with Gasteiger partial charge in [-0.2, -0.15) is 5.10 Å². The van der Waals surface area contributed by atoms with Gasteiger partial charge in [-0.05, 0) is 68.0 Å². The molecule has 6 nitrogen and oxygen atoms in total. The van der Waals surface area contributed by atoms with E-state index in [1.165, 1.54) is 22.3 Å². The zero-order valence-corrected chi connectivity index (χ0v) is 24.6. The van der Waals surface area contributed by atoms with Gasteiger partial charge in [-0.15, -0.1) is 11.8 Å². The molecular formula is C33H37N3O3S. The highest BCUT2D eigenvalue weighted by atomic mass is 32.2. The molecule has 208 valence electrons. The monoisotopic (exact) mass is 555 g/mol. The number of hydrogen-bond acceptors (Lipinski definition) is 6. The highest BCUT2D eigenvalue weighted by Crippen LogP contribution is 2.52. The number of nitrogens with zero attached hydrogens (tertiary/aromatic N) is 1. The van der Waals surface area contributed by atoms with E-state index >= 15 is 0 Å². The lowest BCUT2D eigenvalue weighted by atomic mass is 9.76. The zero-order valence-electron chi connectivity index (χ0n) is 23.8. The van der Waals surface area contributed by atoms with Crippen LogP contribution in [-0.2, 0) is 10.5 Å². The molecule has 2 aliphatic rings. The number of para-hydroxylation sites is 1. The SMILES string of the molecule is COc1cccc([C@@H]2Nc3ccc(/C(C)=N\NC(=O)CSCc4cc(C)cc(C)c4)cc3[C@@H]3C=CC[C@@H]32)c1OC. The molecule has 1 aliphatic carbocycles. The van der Waals surface area contributed by atoms with Gasteiger partial charge >= 0.3 is 0 Å². The van der Waals surface area contributed by atoms with Crippen LogP contribution in [0.4, 0.5) is 5.69 Å². The quantitative estimate of drug-likeness (QED) is 0.170. The first-order valence-corrected chi connectivity index (χ1v) is 14.8. The molecule has 0 aromatic heterocycles. The van der Waals surface area contributed by atoms with E-state index < -0.39 is 0 Å². The van der Waals surface area contributed by atoms with Crippen molar-refractivity contribution in [2.45, 2.75) is 44.9 Å². The summed E-state index contributed by atoms with van der Waals surface area (Å²) in [5.41, 5.74) is 11.7. The van der Waals surface area contributed by atoms with Crippen LogP contribution in [0.15, 0.2) is 71.9 Å². The molecule has 1 aliphatic heterocycles. The molecule has 3 aromatic rings. The minimum atomic E-state index is -0.0952. The second kappa shape index (κ2) is 12.2. The average molecular weight is 556 g/mol. The van der Waals surface area contributed by atoms with Crippen molar-refractivity contribution in [1.82, 2.24) is 5.43 Å². The van der Waals surface area contributed by atoms with Gasteiger partial charge in [0.15, 0.2) is 11.5 Å². The number of nitrogens with one attached hydrogen (secondary N) is 2. The van der Waals surface area contributed by atoms with Gasteiger partial charge < -0.3 is 14.8 Å². The highest BCUT2D eigenvalue weighted by Gasteiger charge is 2.39. The smallest absolute Gasteiger partial charge is 0.250 e. The molecule has 0 unspecified atom stereocenters. The Labute approximate surface area is 241 Å². The Kier molecular flexibility index (Phi) is 8.50. The minimum Gasteiger partial charge on any atom is -0.493 e. The lowest BCUT2D eigenvalue weighted by Crippen LogP contribution is -2.29. The third-order valence-electron chi connectivity index (χ3n) is 7.68. The van der Waals surface area contributed by atoms with Crippen molar-refractivity contribution in [2.75, 3.05) is 25.3 Å². The van der Waals surface area contributed by atoms with E-state index in [1.807, 2.05) is 19.1 Å². The van der Waals surface area contributed by atoms with Crippen LogP contribution in [0.1, 0.15) is 58.7 Å². The molecular weight excluding hydrogens is 518 g/mol. The first kappa shape index (κ1) is 27.8. The normalized spacial score (nSPS) is 19.4. The largest absolute Gasteiger partial charge is 0.493 e. The maximum Gasteiger partial charge on any atom is 0.250 e. The van der Waals surface area contributed by atoms with Crippen LogP contribution in [0.25, 0.3) is 0 Å². The van der Waals surface area contributed by atoms with Crippen molar-refractivity contribution < 1.29 is 14.3 Å². The van der Waals surface area contributed by atoms with Crippen LogP contribution in [0.2, 0.25) is 0 Å². The number of anilines is 1. The van der Waals surface area contributed by atoms with Gasteiger partial charge in [-0.1, -0.05) is 59.7 Å².